The average molecular weight is 192 g/mol. The van der Waals surface area contributed by atoms with Gasteiger partial charge >= 0.3 is 0 Å². The van der Waals surface area contributed by atoms with E-state index in [1.807, 2.05) is 6.20 Å². The first-order valence-electron chi connectivity index (χ1n) is 5.64. The summed E-state index contributed by atoms with van der Waals surface area (Å²) in [7, 11) is 0. The van der Waals surface area contributed by atoms with Crippen LogP contribution in [0.5, 0.6) is 0 Å². The van der Waals surface area contributed by atoms with Gasteiger partial charge in [0, 0.05) is 18.9 Å². The largest absolute Gasteiger partial charge is 0.335 e. The minimum Gasteiger partial charge on any atom is -0.335 e. The topological polar surface area (TPSA) is 17.8 Å². The van der Waals surface area contributed by atoms with E-state index in [4.69, 9.17) is 0 Å². The number of aromatic nitrogens is 2. The van der Waals surface area contributed by atoms with Crippen molar-refractivity contribution in [2.75, 3.05) is 0 Å². The van der Waals surface area contributed by atoms with Crippen LogP contribution in [0.3, 0.4) is 0 Å². The van der Waals surface area contributed by atoms with E-state index in [0.29, 0.717) is 0 Å². The summed E-state index contributed by atoms with van der Waals surface area (Å²) in [5.41, 5.74) is 0. The van der Waals surface area contributed by atoms with Crippen LogP contribution in [0.15, 0.2) is 12.4 Å². The maximum Gasteiger partial charge on any atom is 0.105 e. The quantitative estimate of drug-likeness (QED) is 0.720. The highest BCUT2D eigenvalue weighted by molar-refractivity contribution is 4.91. The second kappa shape index (κ2) is 3.76. The van der Waals surface area contributed by atoms with Gasteiger partial charge in [-0.15, -0.1) is 0 Å². The first kappa shape index (κ1) is 9.75. The molecule has 0 radical (unpaired) electrons. The molecule has 0 atom stereocenters. The van der Waals surface area contributed by atoms with Gasteiger partial charge in [0.05, 0.1) is 0 Å². The zero-order chi connectivity index (χ0) is 10.1. The molecule has 2 rings (SSSR count). The fourth-order valence-corrected chi connectivity index (χ4v) is 2.36. The Labute approximate surface area is 86.3 Å². The highest BCUT2D eigenvalue weighted by Crippen LogP contribution is 2.39. The average Bonchev–Trinajstić information content (AvgIpc) is 2.42. The van der Waals surface area contributed by atoms with E-state index in [1.165, 1.54) is 19.4 Å². The second-order valence-electron chi connectivity index (χ2n) is 4.97. The van der Waals surface area contributed by atoms with Crippen molar-refractivity contribution in [1.82, 2.24) is 9.55 Å². The van der Waals surface area contributed by atoms with E-state index >= 15 is 0 Å². The van der Waals surface area contributed by atoms with E-state index in [2.05, 4.69) is 36.5 Å². The molecule has 2 nitrogen and oxygen atoms in total. The standard InChI is InChI=1S/C12H20N2/c1-9(2)12-6-11(7-12)8-14-5-4-13-10(14)3/h4-5,9,11-12H,6-8H2,1-3H3. The van der Waals surface area contributed by atoms with E-state index in [9.17, 15) is 0 Å². The number of nitrogens with zero attached hydrogens (tertiary/aromatic N) is 2. The number of rotatable bonds is 3. The molecular weight excluding hydrogens is 172 g/mol. The van der Waals surface area contributed by atoms with Crippen LogP contribution in [0, 0.1) is 24.7 Å². The third-order valence-electron chi connectivity index (χ3n) is 3.59. The molecule has 0 spiro atoms. The molecule has 1 saturated carbocycles. The summed E-state index contributed by atoms with van der Waals surface area (Å²) < 4.78 is 2.28. The Morgan fingerprint density at radius 2 is 2.21 bits per heavy atom. The van der Waals surface area contributed by atoms with Crippen molar-refractivity contribution in [2.24, 2.45) is 17.8 Å². The van der Waals surface area contributed by atoms with E-state index < -0.39 is 0 Å². The predicted octanol–water partition coefficient (Wildman–Crippen LogP) is 2.87. The molecule has 78 valence electrons. The monoisotopic (exact) mass is 192 g/mol. The maximum atomic E-state index is 4.25. The van der Waals surface area contributed by atoms with Gasteiger partial charge in [-0.1, -0.05) is 13.8 Å². The molecule has 14 heavy (non-hydrogen) atoms. The first-order chi connectivity index (χ1) is 6.66. The summed E-state index contributed by atoms with van der Waals surface area (Å²) >= 11 is 0. The normalized spacial score (nSPS) is 26.6. The zero-order valence-electron chi connectivity index (χ0n) is 9.40. The SMILES string of the molecule is Cc1nccn1CC1CC(C(C)C)C1. The fourth-order valence-electron chi connectivity index (χ4n) is 2.36. The minimum atomic E-state index is 0.870. The summed E-state index contributed by atoms with van der Waals surface area (Å²) in [4.78, 5) is 4.25. The highest BCUT2D eigenvalue weighted by atomic mass is 15.1. The molecule has 1 aromatic heterocycles. The second-order valence-corrected chi connectivity index (χ2v) is 4.97. The highest BCUT2D eigenvalue weighted by Gasteiger charge is 2.31. The summed E-state index contributed by atoms with van der Waals surface area (Å²) in [6, 6.07) is 0. The smallest absolute Gasteiger partial charge is 0.105 e. The lowest BCUT2D eigenvalue weighted by Gasteiger charge is -2.38. The van der Waals surface area contributed by atoms with Gasteiger partial charge in [0.15, 0.2) is 0 Å². The van der Waals surface area contributed by atoms with Crippen molar-refractivity contribution in [1.29, 1.82) is 0 Å². The molecular formula is C12H20N2. The summed E-state index contributed by atoms with van der Waals surface area (Å²) in [6.07, 6.45) is 6.82. The molecule has 1 aromatic rings. The molecule has 0 bridgehead atoms. The van der Waals surface area contributed by atoms with Gasteiger partial charge in [0.2, 0.25) is 0 Å². The van der Waals surface area contributed by atoms with Gasteiger partial charge in [-0.2, -0.15) is 0 Å². The minimum absolute atomic E-state index is 0.870. The van der Waals surface area contributed by atoms with Gasteiger partial charge < -0.3 is 4.57 Å². The number of hydrogen-bond acceptors (Lipinski definition) is 1. The summed E-state index contributed by atoms with van der Waals surface area (Å²) in [6.45, 7) is 7.93. The lowest BCUT2D eigenvalue weighted by atomic mass is 9.69. The van der Waals surface area contributed by atoms with Crippen LogP contribution < -0.4 is 0 Å². The Balaban J connectivity index is 1.82. The van der Waals surface area contributed by atoms with Crippen molar-refractivity contribution in [2.45, 2.75) is 40.2 Å². The lowest BCUT2D eigenvalue weighted by molar-refractivity contribution is 0.125. The third-order valence-corrected chi connectivity index (χ3v) is 3.59. The van der Waals surface area contributed by atoms with Crippen molar-refractivity contribution < 1.29 is 0 Å². The fraction of sp³-hybridized carbons (Fsp3) is 0.750. The van der Waals surface area contributed by atoms with E-state index in [1.54, 1.807) is 0 Å². The van der Waals surface area contributed by atoms with Gasteiger partial charge in [0.1, 0.15) is 5.82 Å². The Bertz CT molecular complexity index is 295. The molecule has 0 aliphatic heterocycles. The van der Waals surface area contributed by atoms with Gasteiger partial charge in [0.25, 0.3) is 0 Å². The van der Waals surface area contributed by atoms with Crippen LogP contribution in [0.25, 0.3) is 0 Å². The van der Waals surface area contributed by atoms with Crippen molar-refractivity contribution in [3.05, 3.63) is 18.2 Å². The Kier molecular flexibility index (Phi) is 2.62. The molecule has 1 heterocycles. The third kappa shape index (κ3) is 1.84. The van der Waals surface area contributed by atoms with Crippen LogP contribution in [0.4, 0.5) is 0 Å². The molecule has 2 heteroatoms. The molecule has 0 amide bonds. The van der Waals surface area contributed by atoms with Crippen molar-refractivity contribution >= 4 is 0 Å². The van der Waals surface area contributed by atoms with Crippen molar-refractivity contribution in [3.63, 3.8) is 0 Å². The number of imidazole rings is 1. The zero-order valence-corrected chi connectivity index (χ0v) is 9.40. The van der Waals surface area contributed by atoms with Gasteiger partial charge in [-0.3, -0.25) is 0 Å². The van der Waals surface area contributed by atoms with Gasteiger partial charge in [-0.25, -0.2) is 4.98 Å². The van der Waals surface area contributed by atoms with Crippen LogP contribution in [-0.2, 0) is 6.54 Å². The molecule has 1 aliphatic carbocycles. The number of hydrogen-bond donors (Lipinski definition) is 0. The molecule has 0 saturated heterocycles. The molecule has 0 unspecified atom stereocenters. The van der Waals surface area contributed by atoms with Crippen LogP contribution in [0.2, 0.25) is 0 Å². The lowest BCUT2D eigenvalue weighted by Crippen LogP contribution is -2.30. The molecule has 1 aliphatic rings. The molecule has 0 aromatic carbocycles. The maximum absolute atomic E-state index is 4.25. The Hall–Kier alpha value is -0.790. The Morgan fingerprint density at radius 1 is 1.50 bits per heavy atom. The van der Waals surface area contributed by atoms with Crippen LogP contribution in [-0.4, -0.2) is 9.55 Å². The van der Waals surface area contributed by atoms with Gasteiger partial charge in [-0.05, 0) is 37.5 Å². The summed E-state index contributed by atoms with van der Waals surface area (Å²) in [5.74, 6) is 3.90. The molecule has 1 fully saturated rings. The summed E-state index contributed by atoms with van der Waals surface area (Å²) in [5, 5.41) is 0. The number of aryl methyl sites for hydroxylation is 1. The van der Waals surface area contributed by atoms with Crippen molar-refractivity contribution in [3.8, 4) is 0 Å². The predicted molar refractivity (Wildman–Crippen MR) is 58.0 cm³/mol. The van der Waals surface area contributed by atoms with E-state index in [0.717, 1.165) is 23.6 Å². The van der Waals surface area contributed by atoms with Crippen LogP contribution in [0.1, 0.15) is 32.5 Å². The molecule has 0 N–H and O–H groups in total. The van der Waals surface area contributed by atoms with E-state index in [-0.39, 0.29) is 0 Å². The first-order valence-corrected chi connectivity index (χ1v) is 5.64. The Morgan fingerprint density at radius 3 is 2.71 bits per heavy atom. The van der Waals surface area contributed by atoms with Crippen LogP contribution >= 0.6 is 0 Å².